The first-order chi connectivity index (χ1) is 20.7. The Kier molecular flexibility index (Phi) is 7.14. The number of epoxide rings is 1. The van der Waals surface area contributed by atoms with Gasteiger partial charge in [0.25, 0.3) is 0 Å². The van der Waals surface area contributed by atoms with Gasteiger partial charge < -0.3 is 9.47 Å². The van der Waals surface area contributed by atoms with Crippen molar-refractivity contribution in [1.82, 2.24) is 0 Å². The van der Waals surface area contributed by atoms with Crippen LogP contribution in [0.15, 0.2) is 34.4 Å². The molecule has 0 radical (unpaired) electrons. The number of carbonyl (C=O) groups excluding carboxylic acids is 2. The molecule has 7 aliphatic rings. The summed E-state index contributed by atoms with van der Waals surface area (Å²) in [6, 6.07) is 0. The number of Topliss-reactive ketones (excluding diaryl/α,β-unsaturated/α-hetero) is 1. The summed E-state index contributed by atoms with van der Waals surface area (Å²) < 4.78 is 11.4. The molecule has 0 aromatic rings. The molecule has 242 valence electrons. The number of hydrogen-bond acceptors (Lipinski definition) is 4. The second-order valence-electron chi connectivity index (χ2n) is 17.7. The lowest BCUT2D eigenvalue weighted by Gasteiger charge is -2.71. The fraction of sp³-hybridized carbons (Fsp3) is 0.800. The molecule has 3 saturated carbocycles. The summed E-state index contributed by atoms with van der Waals surface area (Å²) >= 11 is 0. The van der Waals surface area contributed by atoms with Crippen molar-refractivity contribution in [3.63, 3.8) is 0 Å². The predicted molar refractivity (Wildman–Crippen MR) is 175 cm³/mol. The molecule has 44 heavy (non-hydrogen) atoms. The number of ether oxygens (including phenoxy) is 2. The highest BCUT2D eigenvalue weighted by atomic mass is 16.6. The Morgan fingerprint density at radius 3 is 2.36 bits per heavy atom. The van der Waals surface area contributed by atoms with E-state index in [9.17, 15) is 9.59 Å². The zero-order chi connectivity index (χ0) is 31.4. The summed E-state index contributed by atoms with van der Waals surface area (Å²) in [6.45, 7) is 20.8. The Balaban J connectivity index is 1.21. The van der Waals surface area contributed by atoms with Crippen molar-refractivity contribution in [3.05, 3.63) is 34.4 Å². The maximum atomic E-state index is 13.7. The lowest BCUT2D eigenvalue weighted by Crippen LogP contribution is -2.64. The van der Waals surface area contributed by atoms with Gasteiger partial charge in [-0.15, -0.1) is 0 Å². The van der Waals surface area contributed by atoms with E-state index in [4.69, 9.17) is 9.47 Å². The first-order valence-electron chi connectivity index (χ1n) is 18.2. The molecule has 1 heterocycles. The van der Waals surface area contributed by atoms with Gasteiger partial charge in [-0.05, 0) is 133 Å². The average molecular weight is 603 g/mol. The third-order valence-corrected chi connectivity index (χ3v) is 15.4. The van der Waals surface area contributed by atoms with Gasteiger partial charge in [0.05, 0.1) is 25.2 Å². The summed E-state index contributed by atoms with van der Waals surface area (Å²) in [5.74, 6) is 2.56. The lowest BCUT2D eigenvalue weighted by atomic mass is 9.33. The Labute approximate surface area is 266 Å². The van der Waals surface area contributed by atoms with E-state index in [0.717, 1.165) is 38.7 Å². The minimum absolute atomic E-state index is 0.0182. The molecule has 9 atom stereocenters. The topological polar surface area (TPSA) is 55.9 Å². The molecule has 0 aromatic heterocycles. The van der Waals surface area contributed by atoms with E-state index < -0.39 is 0 Å². The van der Waals surface area contributed by atoms with Crippen LogP contribution in [-0.4, -0.2) is 31.1 Å². The second-order valence-corrected chi connectivity index (χ2v) is 17.7. The fourth-order valence-electron chi connectivity index (χ4n) is 13.1. The molecule has 0 aromatic carbocycles. The van der Waals surface area contributed by atoms with Crippen LogP contribution in [-0.2, 0) is 19.1 Å². The summed E-state index contributed by atoms with van der Waals surface area (Å²) in [7, 11) is 0. The van der Waals surface area contributed by atoms with E-state index in [1.165, 1.54) is 43.3 Å². The minimum atomic E-state index is -0.0224. The highest BCUT2D eigenvalue weighted by Gasteiger charge is 2.71. The van der Waals surface area contributed by atoms with Gasteiger partial charge in [-0.2, -0.15) is 0 Å². The van der Waals surface area contributed by atoms with Gasteiger partial charge in [-0.1, -0.05) is 66.2 Å². The number of fused-ring (bicyclic) bond motifs is 7. The van der Waals surface area contributed by atoms with Gasteiger partial charge in [0, 0.05) is 11.8 Å². The van der Waals surface area contributed by atoms with E-state index in [2.05, 4.69) is 60.6 Å². The monoisotopic (exact) mass is 602 g/mol. The molecular weight excluding hydrogens is 544 g/mol. The van der Waals surface area contributed by atoms with Gasteiger partial charge in [-0.25, -0.2) is 0 Å². The standard InChI is InChI=1S/C40H58O4/c1-9-43-35(42)26-12-10-25(11-13-26)27-16-18-37(6)30(36(27,4)5)17-19-39(8)31(37)15-14-28-34-33(24(2)3)29(41)22-40(34,32-23-44-32)21-20-38(28,39)7/h10,16,24,26,28,30-32H,9,11-15,17-23H2,1-8H3/t26?,28-,30+,31-,32?,37+,38-,39-,40+/m1/s1. The molecule has 0 bridgehead atoms. The van der Waals surface area contributed by atoms with E-state index in [1.807, 2.05) is 6.92 Å². The molecular formula is C40H58O4. The average Bonchev–Trinajstić information content (AvgIpc) is 3.77. The van der Waals surface area contributed by atoms with Crippen LogP contribution in [0, 0.1) is 56.7 Å². The smallest absolute Gasteiger partial charge is 0.309 e. The van der Waals surface area contributed by atoms with Crippen molar-refractivity contribution in [1.29, 1.82) is 0 Å². The Morgan fingerprint density at radius 1 is 0.977 bits per heavy atom. The van der Waals surface area contributed by atoms with Crippen LogP contribution in [0.3, 0.4) is 0 Å². The van der Waals surface area contributed by atoms with Crippen LogP contribution in [0.2, 0.25) is 0 Å². The minimum Gasteiger partial charge on any atom is -0.466 e. The number of hydrogen-bond donors (Lipinski definition) is 0. The van der Waals surface area contributed by atoms with Crippen LogP contribution in [0.25, 0.3) is 0 Å². The number of allylic oxidation sites excluding steroid dienone is 5. The van der Waals surface area contributed by atoms with Gasteiger partial charge >= 0.3 is 5.97 Å². The normalized spacial score (nSPS) is 45.9. The fourth-order valence-corrected chi connectivity index (χ4v) is 13.1. The molecule has 4 nitrogen and oxygen atoms in total. The highest BCUT2D eigenvalue weighted by molar-refractivity contribution is 6.01. The summed E-state index contributed by atoms with van der Waals surface area (Å²) in [6.07, 6.45) is 17.3. The van der Waals surface area contributed by atoms with Crippen LogP contribution < -0.4 is 0 Å². The highest BCUT2D eigenvalue weighted by Crippen LogP contribution is 2.77. The Hall–Kier alpha value is -1.68. The number of ketones is 1. The maximum Gasteiger partial charge on any atom is 0.309 e. The van der Waals surface area contributed by atoms with Crippen molar-refractivity contribution in [2.24, 2.45) is 56.7 Å². The summed E-state index contributed by atoms with van der Waals surface area (Å²) in [5, 5.41) is 0. The summed E-state index contributed by atoms with van der Waals surface area (Å²) in [4.78, 5) is 26.1. The lowest BCUT2D eigenvalue weighted by molar-refractivity contribution is -0.199. The summed E-state index contributed by atoms with van der Waals surface area (Å²) in [5.41, 5.74) is 6.65. The Bertz CT molecular complexity index is 1340. The molecule has 0 N–H and O–H groups in total. The van der Waals surface area contributed by atoms with Gasteiger partial charge in [0.1, 0.15) is 0 Å². The van der Waals surface area contributed by atoms with Crippen molar-refractivity contribution in [3.8, 4) is 0 Å². The molecule has 0 spiro atoms. The molecule has 7 rings (SSSR count). The van der Waals surface area contributed by atoms with E-state index in [0.29, 0.717) is 42.5 Å². The van der Waals surface area contributed by atoms with Crippen LogP contribution in [0.4, 0.5) is 0 Å². The maximum absolute atomic E-state index is 13.7. The molecule has 2 unspecified atom stereocenters. The number of carbonyl (C=O) groups is 2. The molecule has 1 aliphatic heterocycles. The largest absolute Gasteiger partial charge is 0.466 e. The molecule has 4 heteroatoms. The van der Waals surface area contributed by atoms with Crippen LogP contribution in [0.5, 0.6) is 0 Å². The van der Waals surface area contributed by atoms with E-state index in [1.54, 1.807) is 11.1 Å². The van der Waals surface area contributed by atoms with Crippen molar-refractivity contribution >= 4 is 11.8 Å². The van der Waals surface area contributed by atoms with E-state index >= 15 is 0 Å². The third kappa shape index (κ3) is 4.03. The van der Waals surface area contributed by atoms with Gasteiger partial charge in [0.2, 0.25) is 0 Å². The van der Waals surface area contributed by atoms with Crippen molar-refractivity contribution < 1.29 is 19.1 Å². The van der Waals surface area contributed by atoms with Crippen LogP contribution >= 0.6 is 0 Å². The van der Waals surface area contributed by atoms with Crippen molar-refractivity contribution in [2.75, 3.05) is 13.2 Å². The van der Waals surface area contributed by atoms with Gasteiger partial charge in [0.15, 0.2) is 5.78 Å². The van der Waals surface area contributed by atoms with Gasteiger partial charge in [-0.3, -0.25) is 9.59 Å². The Morgan fingerprint density at radius 2 is 1.73 bits per heavy atom. The van der Waals surface area contributed by atoms with Crippen LogP contribution in [0.1, 0.15) is 126 Å². The number of esters is 1. The van der Waals surface area contributed by atoms with Crippen molar-refractivity contribution in [2.45, 2.75) is 132 Å². The SMILES string of the molecule is CCOC(=O)C1CC=C(C2=CC[C@]3(C)[C@H]4CC[C@@H]5C6=C(C(C)C)C(=O)C[C@]6(C6CO6)CC[C@@]5(C)[C@]4(C)CC[C@H]3C2(C)C)CC1. The second kappa shape index (κ2) is 10.2. The van der Waals surface area contributed by atoms with E-state index in [-0.39, 0.29) is 45.1 Å². The predicted octanol–water partition coefficient (Wildman–Crippen LogP) is 9.19. The molecule has 1 saturated heterocycles. The molecule has 4 fully saturated rings. The zero-order valence-electron chi connectivity index (χ0n) is 28.9. The zero-order valence-corrected chi connectivity index (χ0v) is 28.9. The first kappa shape index (κ1) is 30.9. The molecule has 0 amide bonds. The molecule has 6 aliphatic carbocycles. The number of rotatable bonds is 5. The first-order valence-corrected chi connectivity index (χ1v) is 18.2. The quantitative estimate of drug-likeness (QED) is 0.233. The third-order valence-electron chi connectivity index (χ3n) is 15.4.